The van der Waals surface area contributed by atoms with Crippen LogP contribution in [0.25, 0.3) is 22.2 Å². The van der Waals surface area contributed by atoms with E-state index >= 15 is 0 Å². The van der Waals surface area contributed by atoms with Crippen LogP contribution in [0.15, 0.2) is 66.7 Å². The smallest absolute Gasteiger partial charge is 0.416 e. The van der Waals surface area contributed by atoms with Crippen LogP contribution in [0.4, 0.5) is 23.7 Å². The number of ether oxygens (including phenoxy) is 4. The third-order valence-electron chi connectivity index (χ3n) is 8.00. The highest BCUT2D eigenvalue weighted by Gasteiger charge is 2.31. The summed E-state index contributed by atoms with van der Waals surface area (Å²) in [6.07, 6.45) is -3.04. The molecule has 0 spiro atoms. The van der Waals surface area contributed by atoms with E-state index in [-0.39, 0.29) is 18.9 Å². The Morgan fingerprint density at radius 2 is 1.75 bits per heavy atom. The van der Waals surface area contributed by atoms with E-state index in [0.29, 0.717) is 35.8 Å². The van der Waals surface area contributed by atoms with Crippen molar-refractivity contribution in [2.24, 2.45) is 0 Å². The maximum absolute atomic E-state index is 12.9. The number of fused-ring (bicyclic) bond motifs is 1. The Balaban J connectivity index is 1.21. The van der Waals surface area contributed by atoms with Gasteiger partial charge in [0, 0.05) is 17.1 Å². The minimum absolute atomic E-state index is 0.232. The fourth-order valence-electron chi connectivity index (χ4n) is 5.55. The van der Waals surface area contributed by atoms with E-state index in [1.807, 2.05) is 30.3 Å². The van der Waals surface area contributed by atoms with Crippen LogP contribution >= 0.6 is 0 Å². The largest absolute Gasteiger partial charge is 0.486 e. The number of nitriles is 1. The molecule has 1 aliphatic carbocycles. The Bertz CT molecular complexity index is 1680. The van der Waals surface area contributed by atoms with Gasteiger partial charge in [0.15, 0.2) is 0 Å². The third-order valence-corrected chi connectivity index (χ3v) is 8.00. The molecule has 1 N–H and O–H groups in total. The van der Waals surface area contributed by atoms with E-state index in [1.54, 1.807) is 19.1 Å². The van der Waals surface area contributed by atoms with Gasteiger partial charge < -0.3 is 23.5 Å². The van der Waals surface area contributed by atoms with Crippen LogP contribution in [0.1, 0.15) is 55.0 Å². The average Bonchev–Trinajstić information content (AvgIpc) is 3.29. The summed E-state index contributed by atoms with van der Waals surface area (Å²) in [5, 5.41) is 13.8. The number of nitrogens with zero attached hydrogens (tertiary/aromatic N) is 2. The highest BCUT2D eigenvalue weighted by atomic mass is 19.4. The van der Waals surface area contributed by atoms with E-state index < -0.39 is 23.9 Å². The van der Waals surface area contributed by atoms with Crippen LogP contribution in [-0.2, 0) is 20.4 Å². The maximum Gasteiger partial charge on any atom is 0.416 e. The van der Waals surface area contributed by atoms with E-state index in [4.69, 9.17) is 18.9 Å². The molecule has 1 unspecified atom stereocenters. The van der Waals surface area contributed by atoms with Crippen molar-refractivity contribution >= 4 is 22.7 Å². The molecule has 1 saturated heterocycles. The first-order valence-corrected chi connectivity index (χ1v) is 14.4. The molecule has 1 atom stereocenters. The Hall–Kier alpha value is -4.53. The number of aromatic nitrogens is 1. The van der Waals surface area contributed by atoms with Crippen molar-refractivity contribution in [3.05, 3.63) is 83.4 Å². The molecule has 1 saturated carbocycles. The lowest BCUT2D eigenvalue weighted by Gasteiger charge is -2.30. The van der Waals surface area contributed by atoms with Crippen molar-refractivity contribution in [3.63, 3.8) is 0 Å². The third kappa shape index (κ3) is 6.09. The number of carbonyl (C=O) groups excluding carboxylic acids is 1. The molecule has 2 aliphatic rings. The van der Waals surface area contributed by atoms with Crippen LogP contribution < -0.4 is 10.1 Å². The van der Waals surface area contributed by atoms with E-state index in [2.05, 4.69) is 16.0 Å². The number of amides is 1. The van der Waals surface area contributed by atoms with E-state index in [9.17, 15) is 23.2 Å². The zero-order chi connectivity index (χ0) is 30.8. The Kier molecular flexibility index (Phi) is 8.21. The monoisotopic (exact) mass is 605 g/mol. The molecular weight excluding hydrogens is 575 g/mol. The average molecular weight is 606 g/mol. The van der Waals surface area contributed by atoms with Crippen molar-refractivity contribution in [2.45, 2.75) is 50.6 Å². The van der Waals surface area contributed by atoms with Crippen LogP contribution in [0.2, 0.25) is 0 Å². The van der Waals surface area contributed by atoms with Crippen molar-refractivity contribution in [1.29, 1.82) is 5.26 Å². The molecule has 228 valence electrons. The topological polar surface area (TPSA) is 94.7 Å². The molecule has 1 aromatic heterocycles. The fraction of sp³-hybridized carbons (Fsp3) is 0.333. The van der Waals surface area contributed by atoms with Gasteiger partial charge in [-0.1, -0.05) is 24.3 Å². The van der Waals surface area contributed by atoms with E-state index in [0.717, 1.165) is 53.6 Å². The number of nitrogens with one attached hydrogen (secondary N) is 1. The summed E-state index contributed by atoms with van der Waals surface area (Å²) >= 11 is 0. The first kappa shape index (κ1) is 29.5. The molecule has 3 aromatic carbocycles. The zero-order valence-corrected chi connectivity index (χ0v) is 23.9. The number of anilines is 1. The summed E-state index contributed by atoms with van der Waals surface area (Å²) in [4.78, 5) is 12.6. The molecule has 8 nitrogen and oxygen atoms in total. The number of carbonyl (C=O) groups is 1. The van der Waals surface area contributed by atoms with Crippen LogP contribution in [0, 0.1) is 11.3 Å². The van der Waals surface area contributed by atoms with Gasteiger partial charge in [-0.25, -0.2) is 4.79 Å². The van der Waals surface area contributed by atoms with Gasteiger partial charge in [-0.3, -0.25) is 5.32 Å². The SMILES string of the molecule is CC(OC(=O)Nc1ccc(-c2c(C#N)c3cc(OC4COCOC4)ccc3n2C2CCC2)cc1)c1ccc(C(F)(F)F)cc1. The number of hydrogen-bond acceptors (Lipinski definition) is 6. The summed E-state index contributed by atoms with van der Waals surface area (Å²) < 4.78 is 62.9. The normalized spacial score (nSPS) is 16.6. The maximum atomic E-state index is 12.9. The molecule has 1 amide bonds. The van der Waals surface area contributed by atoms with Crippen molar-refractivity contribution in [2.75, 3.05) is 25.3 Å². The summed E-state index contributed by atoms with van der Waals surface area (Å²) in [5.41, 5.74) is 3.25. The predicted octanol–water partition coefficient (Wildman–Crippen LogP) is 7.99. The minimum atomic E-state index is -4.44. The molecule has 2 fully saturated rings. The highest BCUT2D eigenvalue weighted by molar-refractivity contribution is 5.96. The first-order chi connectivity index (χ1) is 21.2. The number of alkyl halides is 3. The zero-order valence-electron chi connectivity index (χ0n) is 23.9. The van der Waals surface area contributed by atoms with E-state index in [1.165, 1.54) is 12.1 Å². The predicted molar refractivity (Wildman–Crippen MR) is 156 cm³/mol. The van der Waals surface area contributed by atoms with Gasteiger partial charge in [0.2, 0.25) is 0 Å². The van der Waals surface area contributed by atoms with Crippen molar-refractivity contribution in [1.82, 2.24) is 4.57 Å². The van der Waals surface area contributed by atoms with Gasteiger partial charge in [0.05, 0.1) is 35.6 Å². The molecule has 1 aliphatic heterocycles. The van der Waals surface area contributed by atoms with Crippen LogP contribution in [0.5, 0.6) is 5.75 Å². The fourth-order valence-corrected chi connectivity index (χ4v) is 5.55. The van der Waals surface area contributed by atoms with Gasteiger partial charge in [-0.15, -0.1) is 0 Å². The quantitative estimate of drug-likeness (QED) is 0.230. The molecule has 0 bridgehead atoms. The Labute approximate surface area is 251 Å². The highest BCUT2D eigenvalue weighted by Crippen LogP contribution is 2.43. The molecule has 2 heterocycles. The number of benzene rings is 3. The lowest BCUT2D eigenvalue weighted by Crippen LogP contribution is -2.33. The second-order valence-electron chi connectivity index (χ2n) is 10.9. The molecule has 44 heavy (non-hydrogen) atoms. The molecule has 4 aromatic rings. The summed E-state index contributed by atoms with van der Waals surface area (Å²) in [6.45, 7) is 2.70. The van der Waals surface area contributed by atoms with Crippen LogP contribution in [-0.4, -0.2) is 36.8 Å². The lowest BCUT2D eigenvalue weighted by molar-refractivity contribution is -0.143. The minimum Gasteiger partial charge on any atom is -0.486 e. The van der Waals surface area contributed by atoms with Gasteiger partial charge >= 0.3 is 12.3 Å². The van der Waals surface area contributed by atoms with Gasteiger partial charge in [0.25, 0.3) is 0 Å². The first-order valence-electron chi connectivity index (χ1n) is 14.4. The number of hydrogen-bond donors (Lipinski definition) is 1. The summed E-state index contributed by atoms with van der Waals surface area (Å²) in [6, 6.07) is 20.1. The Morgan fingerprint density at radius 3 is 2.36 bits per heavy atom. The van der Waals surface area contributed by atoms with Gasteiger partial charge in [-0.05, 0) is 79.8 Å². The van der Waals surface area contributed by atoms with Crippen molar-refractivity contribution in [3.8, 4) is 23.1 Å². The second-order valence-corrected chi connectivity index (χ2v) is 10.9. The summed E-state index contributed by atoms with van der Waals surface area (Å²) in [5.74, 6) is 0.633. The Morgan fingerprint density at radius 1 is 1.05 bits per heavy atom. The molecule has 11 heteroatoms. The number of halogens is 3. The molecular formula is C33H30F3N3O5. The van der Waals surface area contributed by atoms with Gasteiger partial charge in [0.1, 0.15) is 30.8 Å². The lowest BCUT2D eigenvalue weighted by atomic mass is 9.92. The molecule has 0 radical (unpaired) electrons. The standard InChI is InChI=1S/C33H30F3N3O5/c1-20(21-5-9-23(10-6-21)33(34,35)36)43-32(40)38-24-11-7-22(8-12-24)31-29(16-37)28-15-26(44-27-17-41-19-42-18-27)13-14-30(28)39(31)25-3-2-4-25/h5-15,20,25,27H,2-4,17-19H2,1H3,(H,38,40). The molecule has 6 rings (SSSR count). The second kappa shape index (κ2) is 12.2. The van der Waals surface area contributed by atoms with Crippen LogP contribution in [0.3, 0.4) is 0 Å². The summed E-state index contributed by atoms with van der Waals surface area (Å²) in [7, 11) is 0. The van der Waals surface area contributed by atoms with Crippen molar-refractivity contribution < 1.29 is 36.9 Å². The number of rotatable bonds is 7. The van der Waals surface area contributed by atoms with Gasteiger partial charge in [-0.2, -0.15) is 18.4 Å².